The molecule has 0 saturated carbocycles. The molecule has 0 saturated heterocycles. The predicted octanol–water partition coefficient (Wildman–Crippen LogP) is 2.34. The second kappa shape index (κ2) is 18.3. The summed E-state index contributed by atoms with van der Waals surface area (Å²) in [5, 5.41) is 10.7. The molecule has 0 aliphatic carbocycles. The molecular formula is C11H27NO2. The first-order valence-electron chi connectivity index (χ1n) is 5.49. The Hall–Kier alpha value is -0.570. The topological polar surface area (TPSA) is 49.3 Å². The fourth-order valence-electron chi connectivity index (χ4n) is 0.562. The van der Waals surface area contributed by atoms with Crippen molar-refractivity contribution in [2.45, 2.75) is 60.0 Å². The number of rotatable bonds is 3. The number of aliphatic hydroxyl groups is 1. The van der Waals surface area contributed by atoms with Crippen LogP contribution in [0.15, 0.2) is 0 Å². The Balaban J connectivity index is -0.000000152. The molecule has 88 valence electrons. The lowest BCUT2D eigenvalue weighted by Crippen LogP contribution is -2.28. The molecule has 1 amide bonds. The van der Waals surface area contributed by atoms with Gasteiger partial charge < -0.3 is 10.4 Å². The monoisotopic (exact) mass is 205 g/mol. The summed E-state index contributed by atoms with van der Waals surface area (Å²) in [4.78, 5) is 10.2. The zero-order chi connectivity index (χ0) is 12.0. The van der Waals surface area contributed by atoms with Crippen molar-refractivity contribution in [1.29, 1.82) is 0 Å². The van der Waals surface area contributed by atoms with Crippen molar-refractivity contribution in [3.63, 3.8) is 0 Å². The third-order valence-electron chi connectivity index (χ3n) is 1.33. The van der Waals surface area contributed by atoms with Crippen LogP contribution in [0.5, 0.6) is 0 Å². The zero-order valence-electron chi connectivity index (χ0n) is 10.6. The minimum absolute atomic E-state index is 0.347. The van der Waals surface area contributed by atoms with Gasteiger partial charge in [0.1, 0.15) is 6.10 Å². The minimum Gasteiger partial charge on any atom is -0.384 e. The molecule has 0 aromatic rings. The summed E-state index contributed by atoms with van der Waals surface area (Å²) in [6, 6.07) is 0. The van der Waals surface area contributed by atoms with Gasteiger partial charge in [0.25, 0.3) is 0 Å². The molecule has 1 atom stereocenters. The van der Waals surface area contributed by atoms with Gasteiger partial charge in [-0.3, -0.25) is 4.79 Å². The van der Waals surface area contributed by atoms with Crippen LogP contribution >= 0.6 is 0 Å². The molecule has 14 heavy (non-hydrogen) atoms. The van der Waals surface area contributed by atoms with Gasteiger partial charge in [-0.1, -0.05) is 47.0 Å². The van der Waals surface area contributed by atoms with E-state index in [1.165, 1.54) is 33.2 Å². The van der Waals surface area contributed by atoms with Crippen molar-refractivity contribution >= 4 is 5.91 Å². The quantitative estimate of drug-likeness (QED) is 0.743. The van der Waals surface area contributed by atoms with Crippen LogP contribution in [0.1, 0.15) is 53.9 Å². The summed E-state index contributed by atoms with van der Waals surface area (Å²) in [5.41, 5.74) is 0. The van der Waals surface area contributed by atoms with Crippen molar-refractivity contribution in [1.82, 2.24) is 5.32 Å². The van der Waals surface area contributed by atoms with E-state index in [2.05, 4.69) is 19.2 Å². The lowest BCUT2D eigenvalue weighted by Gasteiger charge is -1.98. The molecule has 0 rings (SSSR count). The molecule has 0 radical (unpaired) electrons. The number of likely N-dealkylation sites (N-methyl/N-ethyl adjacent to an activating group) is 1. The zero-order valence-corrected chi connectivity index (χ0v) is 10.6. The Bertz CT molecular complexity index is 101. The second-order valence-corrected chi connectivity index (χ2v) is 2.64. The Kier molecular flexibility index (Phi) is 24.9. The van der Waals surface area contributed by atoms with Crippen LogP contribution in [0, 0.1) is 0 Å². The Labute approximate surface area is 88.9 Å². The highest BCUT2D eigenvalue weighted by molar-refractivity contribution is 5.79. The van der Waals surface area contributed by atoms with Crippen molar-refractivity contribution in [2.24, 2.45) is 0 Å². The summed E-state index contributed by atoms with van der Waals surface area (Å²) >= 11 is 0. The van der Waals surface area contributed by atoms with Gasteiger partial charge in [-0.2, -0.15) is 0 Å². The SMILES string of the molecule is CC.CCCCC.CNC(=O)C(C)O. The number of carbonyl (C=O) groups excluding carboxylic acids is 1. The Morgan fingerprint density at radius 2 is 1.64 bits per heavy atom. The predicted molar refractivity (Wildman–Crippen MR) is 62.3 cm³/mol. The smallest absolute Gasteiger partial charge is 0.248 e. The summed E-state index contributed by atoms with van der Waals surface area (Å²) < 4.78 is 0. The molecule has 0 fully saturated rings. The number of amides is 1. The van der Waals surface area contributed by atoms with Crippen molar-refractivity contribution < 1.29 is 9.90 Å². The van der Waals surface area contributed by atoms with Crippen molar-refractivity contribution in [3.8, 4) is 0 Å². The van der Waals surface area contributed by atoms with Crippen LogP contribution < -0.4 is 5.32 Å². The Morgan fingerprint density at radius 3 is 1.64 bits per heavy atom. The number of aliphatic hydroxyl groups excluding tert-OH is 1. The molecular weight excluding hydrogens is 178 g/mol. The first-order chi connectivity index (χ1) is 6.59. The third-order valence-corrected chi connectivity index (χ3v) is 1.33. The van der Waals surface area contributed by atoms with Crippen LogP contribution in [0.3, 0.4) is 0 Å². The van der Waals surface area contributed by atoms with E-state index < -0.39 is 6.10 Å². The molecule has 0 heterocycles. The first kappa shape index (κ1) is 19.1. The normalized spacial score (nSPS) is 9.93. The second-order valence-electron chi connectivity index (χ2n) is 2.64. The molecule has 3 nitrogen and oxygen atoms in total. The highest BCUT2D eigenvalue weighted by Gasteiger charge is 2.02. The maximum atomic E-state index is 10.2. The van der Waals surface area contributed by atoms with Crippen LogP contribution in [0.25, 0.3) is 0 Å². The van der Waals surface area contributed by atoms with Gasteiger partial charge in [0, 0.05) is 7.05 Å². The molecule has 0 aliphatic rings. The molecule has 0 aliphatic heterocycles. The standard InChI is InChI=1S/C5H12.C4H9NO2.C2H6/c1-3-5-4-2;1-3(6)4(7)5-2;1-2/h3-5H2,1-2H3;3,6H,1-2H3,(H,5,7);1-2H3. The largest absolute Gasteiger partial charge is 0.384 e. The van der Waals surface area contributed by atoms with E-state index in [0.29, 0.717) is 0 Å². The summed E-state index contributed by atoms with van der Waals surface area (Å²) in [6.07, 6.45) is 3.19. The fraction of sp³-hybridized carbons (Fsp3) is 0.909. The number of carbonyl (C=O) groups is 1. The van der Waals surface area contributed by atoms with Gasteiger partial charge in [0.2, 0.25) is 5.91 Å². The minimum atomic E-state index is -0.884. The average molecular weight is 205 g/mol. The molecule has 1 unspecified atom stereocenters. The van der Waals surface area contributed by atoms with Crippen LogP contribution in [-0.4, -0.2) is 24.2 Å². The molecule has 0 aromatic heterocycles. The number of nitrogens with one attached hydrogen (secondary N) is 1. The number of hydrogen-bond acceptors (Lipinski definition) is 2. The van der Waals surface area contributed by atoms with Gasteiger partial charge >= 0.3 is 0 Å². The summed E-state index contributed by atoms with van der Waals surface area (Å²) in [5.74, 6) is -0.347. The van der Waals surface area contributed by atoms with Crippen LogP contribution in [-0.2, 0) is 4.79 Å². The lowest BCUT2D eigenvalue weighted by molar-refractivity contribution is -0.127. The molecule has 2 N–H and O–H groups in total. The van der Waals surface area contributed by atoms with E-state index in [9.17, 15) is 4.79 Å². The Morgan fingerprint density at radius 1 is 1.29 bits per heavy atom. The molecule has 0 spiro atoms. The van der Waals surface area contributed by atoms with E-state index >= 15 is 0 Å². The maximum Gasteiger partial charge on any atom is 0.248 e. The van der Waals surface area contributed by atoms with Crippen molar-refractivity contribution in [2.75, 3.05) is 7.05 Å². The van der Waals surface area contributed by atoms with E-state index in [4.69, 9.17) is 5.11 Å². The first-order valence-corrected chi connectivity index (χ1v) is 5.49. The lowest BCUT2D eigenvalue weighted by atomic mass is 10.3. The fourth-order valence-corrected chi connectivity index (χ4v) is 0.562. The van der Waals surface area contributed by atoms with Crippen LogP contribution in [0.4, 0.5) is 0 Å². The van der Waals surface area contributed by atoms with E-state index in [1.54, 1.807) is 0 Å². The maximum absolute atomic E-state index is 10.2. The van der Waals surface area contributed by atoms with Gasteiger partial charge in [-0.15, -0.1) is 0 Å². The third kappa shape index (κ3) is 22.5. The van der Waals surface area contributed by atoms with E-state index in [-0.39, 0.29) is 5.91 Å². The summed E-state index contributed by atoms with van der Waals surface area (Å²) in [6.45, 7) is 9.84. The highest BCUT2D eigenvalue weighted by Crippen LogP contribution is 1.88. The average Bonchev–Trinajstić information content (AvgIpc) is 2.21. The number of hydrogen-bond donors (Lipinski definition) is 2. The van der Waals surface area contributed by atoms with Gasteiger partial charge in [0.05, 0.1) is 0 Å². The van der Waals surface area contributed by atoms with Gasteiger partial charge in [0.15, 0.2) is 0 Å². The van der Waals surface area contributed by atoms with E-state index in [1.807, 2.05) is 13.8 Å². The van der Waals surface area contributed by atoms with Gasteiger partial charge in [-0.05, 0) is 6.92 Å². The number of unbranched alkanes of at least 4 members (excludes halogenated alkanes) is 2. The van der Waals surface area contributed by atoms with Crippen molar-refractivity contribution in [3.05, 3.63) is 0 Å². The molecule has 3 heteroatoms. The summed E-state index contributed by atoms with van der Waals surface area (Å²) in [7, 11) is 1.48. The van der Waals surface area contributed by atoms with E-state index in [0.717, 1.165) is 0 Å². The van der Waals surface area contributed by atoms with Crippen LogP contribution in [0.2, 0.25) is 0 Å². The highest BCUT2D eigenvalue weighted by atomic mass is 16.3. The molecule has 0 aromatic carbocycles. The van der Waals surface area contributed by atoms with Gasteiger partial charge in [-0.25, -0.2) is 0 Å². The molecule has 0 bridgehead atoms.